The molecule has 1 aromatic heterocycles. The number of carbonyl (C=O) groups is 2. The molecule has 3 heterocycles. The van der Waals surface area contributed by atoms with E-state index in [1.807, 2.05) is 30.3 Å². The number of urea groups is 1. The Kier molecular flexibility index (Phi) is 3.32. The van der Waals surface area contributed by atoms with Crippen LogP contribution in [0.15, 0.2) is 36.4 Å². The highest BCUT2D eigenvalue weighted by Crippen LogP contribution is 2.41. The van der Waals surface area contributed by atoms with Crippen LogP contribution in [-0.2, 0) is 16.9 Å². The molecule has 5 nitrogen and oxygen atoms in total. The Morgan fingerprint density at radius 1 is 1.26 bits per heavy atom. The van der Waals surface area contributed by atoms with E-state index >= 15 is 0 Å². The van der Waals surface area contributed by atoms with Gasteiger partial charge in [-0.15, -0.1) is 11.3 Å². The Morgan fingerprint density at radius 3 is 2.87 bits per heavy atom. The van der Waals surface area contributed by atoms with E-state index in [2.05, 4.69) is 5.32 Å². The van der Waals surface area contributed by atoms with E-state index < -0.39 is 5.54 Å². The highest BCUT2D eigenvalue weighted by molar-refractivity contribution is 7.16. The molecule has 0 radical (unpaired) electrons. The number of amides is 3. The van der Waals surface area contributed by atoms with Crippen molar-refractivity contribution in [2.75, 3.05) is 6.61 Å². The molecule has 0 bridgehead atoms. The standard InChI is InChI=1S/C16H13ClN2O3S/c17-13-6-5-10(23-13)9-19-14(20)16(18-15(19)21)7-8-22-12-4-2-1-3-11(12)16/h1-6H,7-9H2,(H,18,21)/t16-/m1/s1. The fourth-order valence-corrected chi connectivity index (χ4v) is 4.18. The molecule has 3 amide bonds. The lowest BCUT2D eigenvalue weighted by Crippen LogP contribution is -2.47. The average Bonchev–Trinajstić information content (AvgIpc) is 3.06. The summed E-state index contributed by atoms with van der Waals surface area (Å²) in [5.41, 5.74) is -0.302. The number of hydrogen-bond acceptors (Lipinski definition) is 4. The third kappa shape index (κ3) is 2.21. The van der Waals surface area contributed by atoms with Crippen molar-refractivity contribution in [3.05, 3.63) is 51.2 Å². The van der Waals surface area contributed by atoms with Gasteiger partial charge in [-0.1, -0.05) is 29.8 Å². The van der Waals surface area contributed by atoms with Crippen LogP contribution in [-0.4, -0.2) is 23.4 Å². The van der Waals surface area contributed by atoms with Gasteiger partial charge in [-0.05, 0) is 18.2 Å². The summed E-state index contributed by atoms with van der Waals surface area (Å²) in [5, 5.41) is 2.88. The van der Waals surface area contributed by atoms with E-state index in [4.69, 9.17) is 16.3 Å². The van der Waals surface area contributed by atoms with Crippen molar-refractivity contribution in [3.8, 4) is 5.75 Å². The molecule has 118 valence electrons. The summed E-state index contributed by atoms with van der Waals surface area (Å²) in [6, 6.07) is 10.6. The predicted octanol–water partition coefficient (Wildman–Crippen LogP) is 3.13. The first kappa shape index (κ1) is 14.5. The molecule has 2 aliphatic rings. The van der Waals surface area contributed by atoms with Crippen molar-refractivity contribution in [2.45, 2.75) is 18.5 Å². The summed E-state index contributed by atoms with van der Waals surface area (Å²) in [5.74, 6) is 0.413. The summed E-state index contributed by atoms with van der Waals surface area (Å²) in [6.07, 6.45) is 0.427. The van der Waals surface area contributed by atoms with Crippen LogP contribution in [0.25, 0.3) is 0 Å². The van der Waals surface area contributed by atoms with Crippen LogP contribution in [0, 0.1) is 0 Å². The number of para-hydroxylation sites is 1. The van der Waals surface area contributed by atoms with Gasteiger partial charge in [-0.3, -0.25) is 9.69 Å². The molecule has 7 heteroatoms. The molecule has 0 aliphatic carbocycles. The smallest absolute Gasteiger partial charge is 0.325 e. The Hall–Kier alpha value is -2.05. The lowest BCUT2D eigenvalue weighted by molar-refractivity contribution is -0.133. The Labute approximate surface area is 141 Å². The third-order valence-corrected chi connectivity index (χ3v) is 5.42. The largest absolute Gasteiger partial charge is 0.493 e. The minimum absolute atomic E-state index is 0.229. The summed E-state index contributed by atoms with van der Waals surface area (Å²) in [7, 11) is 0. The summed E-state index contributed by atoms with van der Waals surface area (Å²) in [4.78, 5) is 27.6. The Bertz CT molecular complexity index is 806. The Balaban J connectivity index is 1.70. The van der Waals surface area contributed by atoms with Crippen molar-refractivity contribution in [1.82, 2.24) is 10.2 Å². The van der Waals surface area contributed by atoms with Crippen molar-refractivity contribution < 1.29 is 14.3 Å². The number of benzene rings is 1. The number of ether oxygens (including phenoxy) is 1. The molecule has 1 saturated heterocycles. The predicted molar refractivity (Wildman–Crippen MR) is 86.6 cm³/mol. The number of nitrogens with zero attached hydrogens (tertiary/aromatic N) is 1. The molecule has 1 spiro atoms. The summed E-state index contributed by atoms with van der Waals surface area (Å²) in [6.45, 7) is 0.620. The van der Waals surface area contributed by atoms with E-state index in [0.29, 0.717) is 23.1 Å². The number of hydrogen-bond donors (Lipinski definition) is 1. The zero-order valence-electron chi connectivity index (χ0n) is 12.0. The summed E-state index contributed by atoms with van der Waals surface area (Å²) < 4.78 is 6.25. The fraction of sp³-hybridized carbons (Fsp3) is 0.250. The first-order valence-corrected chi connectivity index (χ1v) is 8.40. The van der Waals surface area contributed by atoms with Gasteiger partial charge in [0.2, 0.25) is 0 Å². The average molecular weight is 349 g/mol. The van der Waals surface area contributed by atoms with Crippen LogP contribution in [0.2, 0.25) is 4.34 Å². The maximum Gasteiger partial charge on any atom is 0.325 e. The van der Waals surface area contributed by atoms with Crippen molar-refractivity contribution in [2.24, 2.45) is 0 Å². The van der Waals surface area contributed by atoms with Crippen molar-refractivity contribution >= 4 is 34.9 Å². The van der Waals surface area contributed by atoms with Crippen LogP contribution in [0.4, 0.5) is 4.79 Å². The van der Waals surface area contributed by atoms with E-state index in [-0.39, 0.29) is 18.5 Å². The highest BCUT2D eigenvalue weighted by Gasteiger charge is 2.54. The maximum absolute atomic E-state index is 13.0. The minimum atomic E-state index is -1.02. The summed E-state index contributed by atoms with van der Waals surface area (Å²) >= 11 is 7.29. The molecule has 1 aromatic carbocycles. The van der Waals surface area contributed by atoms with E-state index in [1.165, 1.54) is 16.2 Å². The zero-order chi connectivity index (χ0) is 16.0. The molecular weight excluding hydrogens is 336 g/mol. The first-order chi connectivity index (χ1) is 11.1. The minimum Gasteiger partial charge on any atom is -0.493 e. The lowest BCUT2D eigenvalue weighted by Gasteiger charge is -2.33. The van der Waals surface area contributed by atoms with Crippen LogP contribution in [0.1, 0.15) is 16.9 Å². The van der Waals surface area contributed by atoms with Gasteiger partial charge in [0.15, 0.2) is 5.54 Å². The third-order valence-electron chi connectivity index (χ3n) is 4.20. The number of fused-ring (bicyclic) bond motifs is 2. The van der Waals surface area contributed by atoms with Gasteiger partial charge in [-0.2, -0.15) is 0 Å². The van der Waals surface area contributed by atoms with Gasteiger partial charge in [0.25, 0.3) is 5.91 Å². The molecule has 4 rings (SSSR count). The van der Waals surface area contributed by atoms with Crippen LogP contribution < -0.4 is 10.1 Å². The lowest BCUT2D eigenvalue weighted by atomic mass is 9.84. The van der Waals surface area contributed by atoms with Crippen LogP contribution >= 0.6 is 22.9 Å². The van der Waals surface area contributed by atoms with Gasteiger partial charge in [-0.25, -0.2) is 4.79 Å². The van der Waals surface area contributed by atoms with Gasteiger partial charge in [0.05, 0.1) is 17.5 Å². The fourth-order valence-electron chi connectivity index (χ4n) is 3.11. The maximum atomic E-state index is 13.0. The van der Waals surface area contributed by atoms with Gasteiger partial charge in [0.1, 0.15) is 5.75 Å². The molecule has 0 unspecified atom stereocenters. The highest BCUT2D eigenvalue weighted by atomic mass is 35.5. The molecule has 23 heavy (non-hydrogen) atoms. The topological polar surface area (TPSA) is 58.6 Å². The molecular formula is C16H13ClN2O3S. The van der Waals surface area contributed by atoms with Crippen molar-refractivity contribution in [1.29, 1.82) is 0 Å². The number of halogens is 1. The number of nitrogens with one attached hydrogen (secondary N) is 1. The second-order valence-corrected chi connectivity index (χ2v) is 7.33. The SMILES string of the molecule is O=C1N[C@@]2(CCOc3ccccc32)C(=O)N1Cc1ccc(Cl)s1. The molecule has 1 N–H and O–H groups in total. The molecule has 2 aromatic rings. The van der Waals surface area contributed by atoms with Gasteiger partial charge in [0, 0.05) is 16.9 Å². The molecule has 0 saturated carbocycles. The molecule has 1 fully saturated rings. The zero-order valence-corrected chi connectivity index (χ0v) is 13.6. The van der Waals surface area contributed by atoms with Gasteiger partial charge < -0.3 is 10.1 Å². The van der Waals surface area contributed by atoms with Crippen LogP contribution in [0.3, 0.4) is 0 Å². The number of rotatable bonds is 2. The molecule has 1 atom stereocenters. The van der Waals surface area contributed by atoms with Crippen molar-refractivity contribution in [3.63, 3.8) is 0 Å². The Morgan fingerprint density at radius 2 is 2.09 bits per heavy atom. The van der Waals surface area contributed by atoms with Crippen LogP contribution in [0.5, 0.6) is 5.75 Å². The quantitative estimate of drug-likeness (QED) is 0.848. The normalized spacial score (nSPS) is 22.9. The van der Waals surface area contributed by atoms with Gasteiger partial charge >= 0.3 is 6.03 Å². The monoisotopic (exact) mass is 348 g/mol. The number of carbonyl (C=O) groups excluding carboxylic acids is 2. The first-order valence-electron chi connectivity index (χ1n) is 7.21. The second-order valence-electron chi connectivity index (χ2n) is 5.53. The number of thiophene rings is 1. The van der Waals surface area contributed by atoms with E-state index in [1.54, 1.807) is 6.07 Å². The number of imide groups is 1. The molecule has 2 aliphatic heterocycles. The second kappa shape index (κ2) is 5.25. The van der Waals surface area contributed by atoms with E-state index in [0.717, 1.165) is 10.4 Å². The van der Waals surface area contributed by atoms with E-state index in [9.17, 15) is 9.59 Å².